The van der Waals surface area contributed by atoms with Crippen LogP contribution in [0.15, 0.2) is 33.9 Å². The summed E-state index contributed by atoms with van der Waals surface area (Å²) in [5, 5.41) is 9.11. The molecule has 0 aliphatic heterocycles. The SMILES string of the molecule is O=C(O)n1sc2[nH]c3ccccc3c(=O)c2c1=O. The molecule has 90 valence electrons. The van der Waals surface area contributed by atoms with Crippen LogP contribution in [0.3, 0.4) is 0 Å². The Labute approximate surface area is 103 Å². The van der Waals surface area contributed by atoms with E-state index in [1.807, 2.05) is 0 Å². The number of carboxylic acid groups (broad SMARTS) is 1. The summed E-state index contributed by atoms with van der Waals surface area (Å²) in [4.78, 5) is 38.0. The normalized spacial score (nSPS) is 11.1. The Bertz CT molecular complexity index is 903. The van der Waals surface area contributed by atoms with Gasteiger partial charge in [-0.15, -0.1) is 0 Å². The van der Waals surface area contributed by atoms with Crippen LogP contribution in [0.2, 0.25) is 0 Å². The first-order chi connectivity index (χ1) is 8.59. The predicted octanol–water partition coefficient (Wildman–Crippen LogP) is 1.43. The molecule has 0 amide bonds. The molecule has 7 heteroatoms. The van der Waals surface area contributed by atoms with Gasteiger partial charge in [0.15, 0.2) is 0 Å². The third-order valence-corrected chi connectivity index (χ3v) is 3.62. The van der Waals surface area contributed by atoms with Crippen molar-refractivity contribution in [3.8, 4) is 0 Å². The summed E-state index contributed by atoms with van der Waals surface area (Å²) >= 11 is 0.710. The number of pyridine rings is 1. The Hall–Kier alpha value is -2.41. The smallest absolute Gasteiger partial charge is 0.428 e. The first-order valence-electron chi connectivity index (χ1n) is 5.00. The number of carbonyl (C=O) groups is 1. The van der Waals surface area contributed by atoms with Crippen LogP contribution in [-0.2, 0) is 0 Å². The summed E-state index contributed by atoms with van der Waals surface area (Å²) in [6.07, 6.45) is -1.39. The maximum atomic E-state index is 12.1. The molecule has 0 atom stereocenters. The summed E-state index contributed by atoms with van der Waals surface area (Å²) in [5.74, 6) is 0. The van der Waals surface area contributed by atoms with Gasteiger partial charge in [-0.05, 0) is 23.7 Å². The summed E-state index contributed by atoms with van der Waals surface area (Å²) in [6.45, 7) is 0. The molecule has 0 bridgehead atoms. The van der Waals surface area contributed by atoms with Crippen molar-refractivity contribution in [1.82, 2.24) is 8.94 Å². The van der Waals surface area contributed by atoms with E-state index in [9.17, 15) is 14.4 Å². The van der Waals surface area contributed by atoms with Gasteiger partial charge in [0, 0.05) is 5.39 Å². The summed E-state index contributed by atoms with van der Waals surface area (Å²) < 4.78 is 0.543. The number of aromatic nitrogens is 2. The number of rotatable bonds is 0. The minimum absolute atomic E-state index is 0.110. The van der Waals surface area contributed by atoms with Crippen LogP contribution >= 0.6 is 11.5 Å². The lowest BCUT2D eigenvalue weighted by molar-refractivity contribution is 0.198. The van der Waals surface area contributed by atoms with E-state index in [0.717, 1.165) is 0 Å². The minimum atomic E-state index is -1.39. The Balaban J connectivity index is 2.62. The molecule has 0 radical (unpaired) electrons. The van der Waals surface area contributed by atoms with Crippen molar-refractivity contribution in [3.05, 3.63) is 44.8 Å². The summed E-state index contributed by atoms with van der Waals surface area (Å²) in [7, 11) is 0. The standard InChI is InChI=1S/C11H6N2O4S/c14-8-5-3-1-2-4-6(5)12-9-7(8)10(15)13(18-9)11(16)17/h1-4H,(H,12,14)(H,16,17). The molecule has 0 aliphatic carbocycles. The van der Waals surface area contributed by atoms with Gasteiger partial charge in [-0.3, -0.25) is 9.59 Å². The van der Waals surface area contributed by atoms with Crippen molar-refractivity contribution in [2.24, 2.45) is 0 Å². The van der Waals surface area contributed by atoms with E-state index >= 15 is 0 Å². The van der Waals surface area contributed by atoms with Gasteiger partial charge in [0.2, 0.25) is 5.43 Å². The number of nitrogens with zero attached hydrogens (tertiary/aromatic N) is 1. The number of benzene rings is 1. The number of H-pyrrole nitrogens is 1. The van der Waals surface area contributed by atoms with E-state index in [-0.39, 0.29) is 10.2 Å². The highest BCUT2D eigenvalue weighted by Crippen LogP contribution is 2.15. The highest BCUT2D eigenvalue weighted by atomic mass is 32.1. The molecule has 0 saturated carbocycles. The molecule has 0 spiro atoms. The number of nitrogens with one attached hydrogen (secondary N) is 1. The Kier molecular flexibility index (Phi) is 2.11. The Morgan fingerprint density at radius 3 is 2.72 bits per heavy atom. The average Bonchev–Trinajstić information content (AvgIpc) is 2.67. The fourth-order valence-corrected chi connectivity index (χ4v) is 2.70. The molecule has 1 aromatic carbocycles. The van der Waals surface area contributed by atoms with Gasteiger partial charge in [0.05, 0.1) is 5.52 Å². The van der Waals surface area contributed by atoms with E-state index < -0.39 is 17.1 Å². The molecule has 3 aromatic rings. The largest absolute Gasteiger partial charge is 0.464 e. The maximum absolute atomic E-state index is 12.1. The van der Waals surface area contributed by atoms with Gasteiger partial charge in [-0.1, -0.05) is 12.1 Å². The van der Waals surface area contributed by atoms with E-state index in [0.29, 0.717) is 26.4 Å². The topological polar surface area (TPSA) is 92.2 Å². The summed E-state index contributed by atoms with van der Waals surface area (Å²) in [6, 6.07) is 6.73. The fourth-order valence-electron chi connectivity index (χ4n) is 1.84. The lowest BCUT2D eigenvalue weighted by Gasteiger charge is -1.95. The predicted molar refractivity (Wildman–Crippen MR) is 67.6 cm³/mol. The van der Waals surface area contributed by atoms with Gasteiger partial charge in [-0.25, -0.2) is 4.79 Å². The van der Waals surface area contributed by atoms with Crippen molar-refractivity contribution >= 4 is 38.7 Å². The van der Waals surface area contributed by atoms with Gasteiger partial charge in [0.25, 0.3) is 5.56 Å². The molecule has 2 N–H and O–H groups in total. The van der Waals surface area contributed by atoms with Crippen LogP contribution in [0.1, 0.15) is 0 Å². The zero-order valence-electron chi connectivity index (χ0n) is 8.84. The quantitative estimate of drug-likeness (QED) is 0.641. The first kappa shape index (κ1) is 10.7. The molecule has 2 heterocycles. The van der Waals surface area contributed by atoms with Crippen LogP contribution in [0.4, 0.5) is 4.79 Å². The van der Waals surface area contributed by atoms with Crippen LogP contribution in [-0.4, -0.2) is 20.1 Å². The van der Waals surface area contributed by atoms with E-state index in [1.165, 1.54) is 0 Å². The molecule has 18 heavy (non-hydrogen) atoms. The monoisotopic (exact) mass is 262 g/mol. The number of hydrogen-bond donors (Lipinski definition) is 2. The second-order valence-corrected chi connectivity index (χ2v) is 4.63. The molecule has 3 rings (SSSR count). The molecule has 6 nitrogen and oxygen atoms in total. The van der Waals surface area contributed by atoms with E-state index in [2.05, 4.69) is 4.98 Å². The molecule has 0 unspecified atom stereocenters. The number of fused-ring (bicyclic) bond motifs is 2. The minimum Gasteiger partial charge on any atom is -0.464 e. The Morgan fingerprint density at radius 2 is 2.00 bits per heavy atom. The van der Waals surface area contributed by atoms with E-state index in [1.54, 1.807) is 24.3 Å². The van der Waals surface area contributed by atoms with E-state index in [4.69, 9.17) is 5.11 Å². The van der Waals surface area contributed by atoms with Crippen LogP contribution in [0.5, 0.6) is 0 Å². The first-order valence-corrected chi connectivity index (χ1v) is 5.77. The molecule has 0 aliphatic rings. The maximum Gasteiger partial charge on any atom is 0.428 e. The molecular weight excluding hydrogens is 256 g/mol. The second-order valence-electron chi connectivity index (χ2n) is 3.68. The highest BCUT2D eigenvalue weighted by Gasteiger charge is 2.17. The molecular formula is C11H6N2O4S. The van der Waals surface area contributed by atoms with Gasteiger partial charge in [-0.2, -0.15) is 3.96 Å². The van der Waals surface area contributed by atoms with Crippen LogP contribution < -0.4 is 11.0 Å². The summed E-state index contributed by atoms with van der Waals surface area (Å²) in [5.41, 5.74) is -0.663. The van der Waals surface area contributed by atoms with Crippen molar-refractivity contribution < 1.29 is 9.90 Å². The zero-order valence-corrected chi connectivity index (χ0v) is 9.65. The van der Waals surface area contributed by atoms with Crippen LogP contribution in [0.25, 0.3) is 21.1 Å². The zero-order chi connectivity index (χ0) is 12.9. The molecule has 0 saturated heterocycles. The second kappa shape index (κ2) is 3.54. The number of hydrogen-bond acceptors (Lipinski definition) is 4. The lowest BCUT2D eigenvalue weighted by atomic mass is 10.2. The molecule has 0 fully saturated rings. The van der Waals surface area contributed by atoms with Gasteiger partial charge in [0.1, 0.15) is 10.2 Å². The van der Waals surface area contributed by atoms with Gasteiger partial charge < -0.3 is 10.1 Å². The number of aromatic amines is 1. The molecule has 2 aromatic heterocycles. The van der Waals surface area contributed by atoms with Crippen molar-refractivity contribution in [3.63, 3.8) is 0 Å². The van der Waals surface area contributed by atoms with Gasteiger partial charge >= 0.3 is 6.09 Å². The third kappa shape index (κ3) is 1.31. The Morgan fingerprint density at radius 1 is 1.28 bits per heavy atom. The highest BCUT2D eigenvalue weighted by molar-refractivity contribution is 7.14. The van der Waals surface area contributed by atoms with Crippen LogP contribution in [0, 0.1) is 0 Å². The third-order valence-electron chi connectivity index (χ3n) is 2.63. The van der Waals surface area contributed by atoms with Crippen molar-refractivity contribution in [1.29, 1.82) is 0 Å². The van der Waals surface area contributed by atoms with Crippen molar-refractivity contribution in [2.75, 3.05) is 0 Å². The fraction of sp³-hybridized carbons (Fsp3) is 0. The van der Waals surface area contributed by atoms with Crippen molar-refractivity contribution in [2.45, 2.75) is 0 Å². The average molecular weight is 262 g/mol. The number of para-hydroxylation sites is 1. The lowest BCUT2D eigenvalue weighted by Crippen LogP contribution is -2.22.